The van der Waals surface area contributed by atoms with Crippen molar-refractivity contribution in [2.24, 2.45) is 0 Å². The van der Waals surface area contributed by atoms with E-state index in [9.17, 15) is 4.79 Å². The van der Waals surface area contributed by atoms with E-state index in [0.717, 1.165) is 36.3 Å². The quantitative estimate of drug-likeness (QED) is 0.887. The summed E-state index contributed by atoms with van der Waals surface area (Å²) in [5, 5.41) is 3.00. The van der Waals surface area contributed by atoms with Gasteiger partial charge in [-0.15, -0.1) is 0 Å². The second-order valence-electron chi connectivity index (χ2n) is 5.33. The summed E-state index contributed by atoms with van der Waals surface area (Å²) in [4.78, 5) is 23.2. The molecule has 0 bridgehead atoms. The zero-order chi connectivity index (χ0) is 16.8. The smallest absolute Gasteiger partial charge is 0.274 e. The first kappa shape index (κ1) is 16.9. The summed E-state index contributed by atoms with van der Waals surface area (Å²) in [6, 6.07) is 7.68. The van der Waals surface area contributed by atoms with Gasteiger partial charge in [-0.1, -0.05) is 25.1 Å². The second-order valence-corrected chi connectivity index (χ2v) is 5.33. The Morgan fingerprint density at radius 3 is 2.57 bits per heavy atom. The summed E-state index contributed by atoms with van der Waals surface area (Å²) < 4.78 is 0. The molecule has 0 saturated carbocycles. The molecule has 0 aliphatic rings. The second kappa shape index (κ2) is 7.72. The molecule has 0 fully saturated rings. The molecule has 122 valence electrons. The standard InChI is InChI=1S/C18H24N4O/c1-5-14-10-8-9-13(4)16(14)21-17(23)15-11-12-19-18(20-15)22(6-2)7-3/h8-12H,5-7H2,1-4H3,(H,21,23). The number of para-hydroxylation sites is 1. The lowest BCUT2D eigenvalue weighted by Crippen LogP contribution is -2.25. The van der Waals surface area contributed by atoms with Crippen molar-refractivity contribution in [3.63, 3.8) is 0 Å². The van der Waals surface area contributed by atoms with E-state index in [1.807, 2.05) is 43.9 Å². The van der Waals surface area contributed by atoms with Crippen LogP contribution in [0.3, 0.4) is 0 Å². The first-order valence-electron chi connectivity index (χ1n) is 8.08. The van der Waals surface area contributed by atoms with E-state index in [-0.39, 0.29) is 5.91 Å². The largest absolute Gasteiger partial charge is 0.341 e. The first-order chi connectivity index (χ1) is 11.1. The Morgan fingerprint density at radius 2 is 1.91 bits per heavy atom. The normalized spacial score (nSPS) is 10.4. The number of amides is 1. The Bertz CT molecular complexity index is 680. The van der Waals surface area contributed by atoms with Crippen LogP contribution in [0, 0.1) is 6.92 Å². The number of benzene rings is 1. The number of anilines is 2. The lowest BCUT2D eigenvalue weighted by molar-refractivity contribution is 0.102. The number of aryl methyl sites for hydroxylation is 2. The number of carbonyl (C=O) groups is 1. The minimum atomic E-state index is -0.204. The molecule has 0 spiro atoms. The maximum absolute atomic E-state index is 12.6. The lowest BCUT2D eigenvalue weighted by atomic mass is 10.1. The van der Waals surface area contributed by atoms with Crippen molar-refractivity contribution in [1.82, 2.24) is 9.97 Å². The topological polar surface area (TPSA) is 58.1 Å². The minimum absolute atomic E-state index is 0.204. The fourth-order valence-corrected chi connectivity index (χ4v) is 2.51. The summed E-state index contributed by atoms with van der Waals surface area (Å²) >= 11 is 0. The molecule has 0 unspecified atom stereocenters. The molecule has 2 aromatic rings. The van der Waals surface area contributed by atoms with Gasteiger partial charge in [0.25, 0.3) is 5.91 Å². The van der Waals surface area contributed by atoms with Gasteiger partial charge in [-0.3, -0.25) is 4.79 Å². The van der Waals surface area contributed by atoms with Crippen LogP contribution in [0.2, 0.25) is 0 Å². The molecule has 1 aromatic carbocycles. The Hall–Kier alpha value is -2.43. The van der Waals surface area contributed by atoms with Crippen molar-refractivity contribution in [1.29, 1.82) is 0 Å². The van der Waals surface area contributed by atoms with Crippen molar-refractivity contribution >= 4 is 17.5 Å². The molecule has 5 heteroatoms. The van der Waals surface area contributed by atoms with Gasteiger partial charge < -0.3 is 10.2 Å². The molecule has 1 N–H and O–H groups in total. The third kappa shape index (κ3) is 3.86. The van der Waals surface area contributed by atoms with Crippen LogP contribution in [-0.2, 0) is 6.42 Å². The van der Waals surface area contributed by atoms with Crippen LogP contribution in [-0.4, -0.2) is 29.0 Å². The van der Waals surface area contributed by atoms with Gasteiger partial charge in [-0.05, 0) is 44.4 Å². The summed E-state index contributed by atoms with van der Waals surface area (Å²) in [5.74, 6) is 0.382. The number of hydrogen-bond donors (Lipinski definition) is 1. The number of rotatable bonds is 6. The van der Waals surface area contributed by atoms with Crippen LogP contribution < -0.4 is 10.2 Å². The third-order valence-corrected chi connectivity index (χ3v) is 3.90. The molecule has 0 aliphatic heterocycles. The van der Waals surface area contributed by atoms with Gasteiger partial charge >= 0.3 is 0 Å². The summed E-state index contributed by atoms with van der Waals surface area (Å²) in [5.41, 5.74) is 3.43. The van der Waals surface area contributed by atoms with E-state index >= 15 is 0 Å². The average Bonchev–Trinajstić information content (AvgIpc) is 2.58. The minimum Gasteiger partial charge on any atom is -0.341 e. The first-order valence-corrected chi connectivity index (χ1v) is 8.08. The molecule has 0 saturated heterocycles. The van der Waals surface area contributed by atoms with E-state index in [1.54, 1.807) is 12.3 Å². The van der Waals surface area contributed by atoms with Gasteiger partial charge in [0.2, 0.25) is 5.95 Å². The van der Waals surface area contributed by atoms with Crippen LogP contribution >= 0.6 is 0 Å². The van der Waals surface area contributed by atoms with E-state index in [1.165, 1.54) is 0 Å². The van der Waals surface area contributed by atoms with Crippen LogP contribution in [0.4, 0.5) is 11.6 Å². The van der Waals surface area contributed by atoms with E-state index in [0.29, 0.717) is 11.6 Å². The molecule has 1 aromatic heterocycles. The maximum Gasteiger partial charge on any atom is 0.274 e. The fourth-order valence-electron chi connectivity index (χ4n) is 2.51. The van der Waals surface area contributed by atoms with Gasteiger partial charge in [-0.2, -0.15) is 0 Å². The van der Waals surface area contributed by atoms with Crippen LogP contribution in [0.5, 0.6) is 0 Å². The van der Waals surface area contributed by atoms with Crippen LogP contribution in [0.1, 0.15) is 42.4 Å². The number of hydrogen-bond acceptors (Lipinski definition) is 4. The molecule has 2 rings (SSSR count). The number of nitrogens with zero attached hydrogens (tertiary/aromatic N) is 3. The lowest BCUT2D eigenvalue weighted by Gasteiger charge is -2.18. The molecule has 23 heavy (non-hydrogen) atoms. The van der Waals surface area contributed by atoms with Crippen molar-refractivity contribution < 1.29 is 4.79 Å². The monoisotopic (exact) mass is 312 g/mol. The van der Waals surface area contributed by atoms with Crippen molar-refractivity contribution in [3.05, 3.63) is 47.3 Å². The van der Waals surface area contributed by atoms with Crippen molar-refractivity contribution in [3.8, 4) is 0 Å². The molecule has 5 nitrogen and oxygen atoms in total. The van der Waals surface area contributed by atoms with Gasteiger partial charge in [-0.25, -0.2) is 9.97 Å². The highest BCUT2D eigenvalue weighted by atomic mass is 16.1. The van der Waals surface area contributed by atoms with Gasteiger partial charge in [0.1, 0.15) is 5.69 Å². The Balaban J connectivity index is 2.27. The van der Waals surface area contributed by atoms with E-state index < -0.39 is 0 Å². The zero-order valence-corrected chi connectivity index (χ0v) is 14.3. The van der Waals surface area contributed by atoms with Gasteiger partial charge in [0.15, 0.2) is 0 Å². The number of carbonyl (C=O) groups excluding carboxylic acids is 1. The Labute approximate surface area is 137 Å². The molecule has 0 atom stereocenters. The van der Waals surface area contributed by atoms with Crippen molar-refractivity contribution in [2.45, 2.75) is 34.1 Å². The maximum atomic E-state index is 12.6. The third-order valence-electron chi connectivity index (χ3n) is 3.90. The summed E-state index contributed by atoms with van der Waals surface area (Å²) in [7, 11) is 0. The van der Waals surface area contributed by atoms with E-state index in [2.05, 4.69) is 22.2 Å². The fraction of sp³-hybridized carbons (Fsp3) is 0.389. The SMILES string of the molecule is CCc1cccc(C)c1NC(=O)c1ccnc(N(CC)CC)n1. The van der Waals surface area contributed by atoms with Gasteiger partial charge in [0, 0.05) is 25.0 Å². The number of aromatic nitrogens is 2. The van der Waals surface area contributed by atoms with Crippen molar-refractivity contribution in [2.75, 3.05) is 23.3 Å². The average molecular weight is 312 g/mol. The van der Waals surface area contributed by atoms with E-state index in [4.69, 9.17) is 0 Å². The molecular weight excluding hydrogens is 288 g/mol. The predicted octanol–water partition coefficient (Wildman–Crippen LogP) is 3.45. The molecule has 0 radical (unpaired) electrons. The highest BCUT2D eigenvalue weighted by Gasteiger charge is 2.14. The predicted molar refractivity (Wildman–Crippen MR) is 94.1 cm³/mol. The summed E-state index contributed by atoms with van der Waals surface area (Å²) in [6.07, 6.45) is 2.50. The molecular formula is C18H24N4O. The van der Waals surface area contributed by atoms with Crippen LogP contribution in [0.15, 0.2) is 30.5 Å². The number of nitrogens with one attached hydrogen (secondary N) is 1. The highest BCUT2D eigenvalue weighted by Crippen LogP contribution is 2.21. The molecule has 1 amide bonds. The molecule has 0 aliphatic carbocycles. The highest BCUT2D eigenvalue weighted by molar-refractivity contribution is 6.03. The van der Waals surface area contributed by atoms with Gasteiger partial charge in [0.05, 0.1) is 0 Å². The van der Waals surface area contributed by atoms with Crippen LogP contribution in [0.25, 0.3) is 0 Å². The Morgan fingerprint density at radius 1 is 1.17 bits per heavy atom. The zero-order valence-electron chi connectivity index (χ0n) is 14.3. The molecule has 1 heterocycles. The summed E-state index contributed by atoms with van der Waals surface area (Å²) in [6.45, 7) is 9.77. The Kier molecular flexibility index (Phi) is 5.68.